The molecule has 0 aromatic heterocycles. The molecule has 0 aliphatic carbocycles. The molecule has 0 fully saturated rings. The summed E-state index contributed by atoms with van der Waals surface area (Å²) in [6.07, 6.45) is 0.418. The van der Waals surface area contributed by atoms with Crippen LogP contribution in [0.15, 0.2) is 54.6 Å². The highest BCUT2D eigenvalue weighted by Crippen LogP contribution is 2.23. The van der Waals surface area contributed by atoms with E-state index in [0.29, 0.717) is 17.9 Å². The third kappa shape index (κ3) is 4.85. The molecule has 0 bridgehead atoms. The molecule has 2 aromatic carbocycles. The monoisotopic (exact) mass is 312 g/mol. The number of methoxy groups -OCH3 is 1. The molecule has 0 spiro atoms. The standard InChI is InChI=1S/C18H20N2O3/c1-13(21)19-16(12-14-8-4-3-5-9-14)18(22)20-15-10-6-7-11-17(15)23-2/h3-11,16H,12H2,1-2H3,(H,19,21)(H,20,22)/t16-/m0/s1. The number of anilines is 1. The van der Waals surface area contributed by atoms with Gasteiger partial charge in [0.2, 0.25) is 11.8 Å². The summed E-state index contributed by atoms with van der Waals surface area (Å²) < 4.78 is 5.22. The van der Waals surface area contributed by atoms with E-state index in [4.69, 9.17) is 4.74 Å². The number of benzene rings is 2. The van der Waals surface area contributed by atoms with Gasteiger partial charge < -0.3 is 15.4 Å². The molecule has 0 saturated carbocycles. The molecule has 0 saturated heterocycles. The van der Waals surface area contributed by atoms with Crippen LogP contribution in [0.5, 0.6) is 5.75 Å². The second-order valence-corrected chi connectivity index (χ2v) is 5.13. The third-order valence-electron chi connectivity index (χ3n) is 3.34. The average Bonchev–Trinajstić information content (AvgIpc) is 2.55. The molecule has 2 rings (SSSR count). The van der Waals surface area contributed by atoms with E-state index in [1.165, 1.54) is 6.92 Å². The Balaban J connectivity index is 2.14. The number of hydrogen-bond acceptors (Lipinski definition) is 3. The largest absolute Gasteiger partial charge is 0.495 e. The van der Waals surface area contributed by atoms with Crippen LogP contribution in [-0.2, 0) is 16.0 Å². The molecular weight excluding hydrogens is 292 g/mol. The number of rotatable bonds is 6. The average molecular weight is 312 g/mol. The van der Waals surface area contributed by atoms with Crippen molar-refractivity contribution in [2.24, 2.45) is 0 Å². The molecule has 0 aliphatic heterocycles. The number of para-hydroxylation sites is 2. The van der Waals surface area contributed by atoms with Crippen LogP contribution in [0.2, 0.25) is 0 Å². The second kappa shape index (κ2) is 7.98. The molecule has 23 heavy (non-hydrogen) atoms. The van der Waals surface area contributed by atoms with E-state index in [9.17, 15) is 9.59 Å². The van der Waals surface area contributed by atoms with Gasteiger partial charge in [0.05, 0.1) is 12.8 Å². The van der Waals surface area contributed by atoms with Crippen molar-refractivity contribution in [3.63, 3.8) is 0 Å². The van der Waals surface area contributed by atoms with Gasteiger partial charge in [0.15, 0.2) is 0 Å². The molecule has 5 heteroatoms. The smallest absolute Gasteiger partial charge is 0.247 e. The molecule has 0 radical (unpaired) electrons. The van der Waals surface area contributed by atoms with Gasteiger partial charge >= 0.3 is 0 Å². The number of amides is 2. The number of carbonyl (C=O) groups is 2. The summed E-state index contributed by atoms with van der Waals surface area (Å²) in [5.41, 5.74) is 1.55. The Kier molecular flexibility index (Phi) is 5.74. The zero-order valence-electron chi connectivity index (χ0n) is 13.2. The van der Waals surface area contributed by atoms with Gasteiger partial charge in [-0.05, 0) is 17.7 Å². The molecule has 0 unspecified atom stereocenters. The minimum Gasteiger partial charge on any atom is -0.495 e. The number of carbonyl (C=O) groups excluding carboxylic acids is 2. The molecule has 2 aromatic rings. The van der Waals surface area contributed by atoms with Crippen LogP contribution in [0.3, 0.4) is 0 Å². The van der Waals surface area contributed by atoms with Crippen molar-refractivity contribution in [2.45, 2.75) is 19.4 Å². The van der Waals surface area contributed by atoms with Gasteiger partial charge in [0, 0.05) is 13.3 Å². The van der Waals surface area contributed by atoms with Crippen molar-refractivity contribution in [1.29, 1.82) is 0 Å². The summed E-state index contributed by atoms with van der Waals surface area (Å²) in [5.74, 6) is 0.0387. The summed E-state index contributed by atoms with van der Waals surface area (Å²) in [4.78, 5) is 23.9. The second-order valence-electron chi connectivity index (χ2n) is 5.13. The van der Waals surface area contributed by atoms with E-state index in [0.717, 1.165) is 5.56 Å². The first-order valence-electron chi connectivity index (χ1n) is 7.35. The molecule has 2 amide bonds. The van der Waals surface area contributed by atoms with Crippen LogP contribution in [0, 0.1) is 0 Å². The molecule has 0 aliphatic rings. The summed E-state index contributed by atoms with van der Waals surface area (Å²) in [7, 11) is 1.54. The summed E-state index contributed by atoms with van der Waals surface area (Å²) in [6, 6.07) is 16.1. The first kappa shape index (κ1) is 16.5. The highest BCUT2D eigenvalue weighted by Gasteiger charge is 2.21. The van der Waals surface area contributed by atoms with E-state index in [1.807, 2.05) is 42.5 Å². The van der Waals surface area contributed by atoms with Gasteiger partial charge in [-0.1, -0.05) is 42.5 Å². The van der Waals surface area contributed by atoms with Crippen molar-refractivity contribution in [1.82, 2.24) is 5.32 Å². The van der Waals surface area contributed by atoms with E-state index in [-0.39, 0.29) is 11.8 Å². The zero-order valence-corrected chi connectivity index (χ0v) is 13.2. The van der Waals surface area contributed by atoms with E-state index in [1.54, 1.807) is 19.2 Å². The highest BCUT2D eigenvalue weighted by atomic mass is 16.5. The number of hydrogen-bond donors (Lipinski definition) is 2. The predicted molar refractivity (Wildman–Crippen MR) is 89.4 cm³/mol. The van der Waals surface area contributed by atoms with E-state index >= 15 is 0 Å². The predicted octanol–water partition coefficient (Wildman–Crippen LogP) is 2.38. The molecule has 120 valence electrons. The Morgan fingerprint density at radius 3 is 2.35 bits per heavy atom. The zero-order chi connectivity index (χ0) is 16.7. The highest BCUT2D eigenvalue weighted by molar-refractivity contribution is 5.98. The van der Waals surface area contributed by atoms with Crippen LogP contribution in [0.4, 0.5) is 5.69 Å². The van der Waals surface area contributed by atoms with Gasteiger partial charge in [0.25, 0.3) is 0 Å². The van der Waals surface area contributed by atoms with E-state index in [2.05, 4.69) is 10.6 Å². The van der Waals surface area contributed by atoms with Crippen LogP contribution in [0.1, 0.15) is 12.5 Å². The lowest BCUT2D eigenvalue weighted by molar-refractivity contribution is -0.125. The van der Waals surface area contributed by atoms with Gasteiger partial charge in [-0.25, -0.2) is 0 Å². The van der Waals surface area contributed by atoms with Gasteiger partial charge in [-0.15, -0.1) is 0 Å². The lowest BCUT2D eigenvalue weighted by atomic mass is 10.1. The van der Waals surface area contributed by atoms with Crippen molar-refractivity contribution < 1.29 is 14.3 Å². The lowest BCUT2D eigenvalue weighted by Gasteiger charge is -2.18. The Morgan fingerprint density at radius 1 is 1.04 bits per heavy atom. The first-order chi connectivity index (χ1) is 11.1. The minimum atomic E-state index is -0.653. The van der Waals surface area contributed by atoms with Crippen LogP contribution >= 0.6 is 0 Å². The topological polar surface area (TPSA) is 67.4 Å². The Hall–Kier alpha value is -2.82. The molecule has 2 N–H and O–H groups in total. The Bertz CT molecular complexity index is 671. The Labute approximate surface area is 135 Å². The summed E-state index contributed by atoms with van der Waals surface area (Å²) >= 11 is 0. The lowest BCUT2D eigenvalue weighted by Crippen LogP contribution is -2.44. The maximum absolute atomic E-state index is 12.5. The summed E-state index contributed by atoms with van der Waals surface area (Å²) in [6.45, 7) is 1.40. The van der Waals surface area contributed by atoms with Crippen LogP contribution in [-0.4, -0.2) is 25.0 Å². The maximum atomic E-state index is 12.5. The fourth-order valence-corrected chi connectivity index (χ4v) is 2.27. The minimum absolute atomic E-state index is 0.249. The molecular formula is C18H20N2O3. The maximum Gasteiger partial charge on any atom is 0.247 e. The van der Waals surface area contributed by atoms with Crippen molar-refractivity contribution in [3.05, 3.63) is 60.2 Å². The fourth-order valence-electron chi connectivity index (χ4n) is 2.27. The third-order valence-corrected chi connectivity index (χ3v) is 3.34. The van der Waals surface area contributed by atoms with Crippen molar-refractivity contribution in [3.8, 4) is 5.75 Å². The molecule has 5 nitrogen and oxygen atoms in total. The molecule has 1 atom stereocenters. The van der Waals surface area contributed by atoms with Crippen LogP contribution in [0.25, 0.3) is 0 Å². The summed E-state index contributed by atoms with van der Waals surface area (Å²) in [5, 5.41) is 5.50. The van der Waals surface area contributed by atoms with Crippen molar-refractivity contribution >= 4 is 17.5 Å². The van der Waals surface area contributed by atoms with Gasteiger partial charge in [-0.2, -0.15) is 0 Å². The number of nitrogens with one attached hydrogen (secondary N) is 2. The molecule has 0 heterocycles. The Morgan fingerprint density at radius 2 is 1.70 bits per heavy atom. The van der Waals surface area contributed by atoms with Gasteiger partial charge in [-0.3, -0.25) is 9.59 Å². The van der Waals surface area contributed by atoms with E-state index < -0.39 is 6.04 Å². The fraction of sp³-hybridized carbons (Fsp3) is 0.222. The first-order valence-corrected chi connectivity index (χ1v) is 7.35. The van der Waals surface area contributed by atoms with Crippen LogP contribution < -0.4 is 15.4 Å². The quantitative estimate of drug-likeness (QED) is 0.860. The van der Waals surface area contributed by atoms with Gasteiger partial charge in [0.1, 0.15) is 11.8 Å². The number of ether oxygens (including phenoxy) is 1. The SMILES string of the molecule is COc1ccccc1NC(=O)[C@H](Cc1ccccc1)NC(C)=O. The normalized spacial score (nSPS) is 11.4. The van der Waals surface area contributed by atoms with Crippen molar-refractivity contribution in [2.75, 3.05) is 12.4 Å².